The zero-order chi connectivity index (χ0) is 11.6. The van der Waals surface area contributed by atoms with Gasteiger partial charge in [-0.05, 0) is 42.2 Å². The molecule has 0 spiro atoms. The largest absolute Gasteiger partial charge is 0.472 e. The van der Waals surface area contributed by atoms with E-state index in [9.17, 15) is 0 Å². The summed E-state index contributed by atoms with van der Waals surface area (Å²) < 4.78 is 5.10. The summed E-state index contributed by atoms with van der Waals surface area (Å²) in [6, 6.07) is 2.05. The van der Waals surface area contributed by atoms with Gasteiger partial charge in [-0.15, -0.1) is 0 Å². The van der Waals surface area contributed by atoms with E-state index in [4.69, 9.17) is 4.42 Å². The smallest absolute Gasteiger partial charge is 0.0937 e. The fourth-order valence-corrected chi connectivity index (χ4v) is 2.93. The van der Waals surface area contributed by atoms with E-state index in [1.165, 1.54) is 24.8 Å². The molecule has 2 rings (SSSR count). The maximum Gasteiger partial charge on any atom is 0.0937 e. The standard InChI is InChI=1S/C15H22O/c1-12-5-4-9-15(2,3)14(12)7-6-13-8-10-16-11-13/h7-8,10-12H,4-6,9H2,1-3H3/b14-7-. The predicted octanol–water partition coefficient (Wildman–Crippen LogP) is 4.59. The highest BCUT2D eigenvalue weighted by atomic mass is 16.3. The molecular formula is C15H22O. The van der Waals surface area contributed by atoms with Crippen LogP contribution in [0.1, 0.15) is 45.6 Å². The molecule has 1 heteroatoms. The maximum atomic E-state index is 5.10. The molecule has 1 aromatic heterocycles. The van der Waals surface area contributed by atoms with Crippen molar-refractivity contribution in [2.75, 3.05) is 0 Å². The van der Waals surface area contributed by atoms with Crippen LogP contribution in [-0.2, 0) is 6.42 Å². The molecule has 0 amide bonds. The number of allylic oxidation sites excluding steroid dienone is 2. The lowest BCUT2D eigenvalue weighted by Gasteiger charge is -2.37. The Bertz CT molecular complexity index is 357. The van der Waals surface area contributed by atoms with Gasteiger partial charge in [0.05, 0.1) is 12.5 Å². The summed E-state index contributed by atoms with van der Waals surface area (Å²) in [6.45, 7) is 7.12. The predicted molar refractivity (Wildman–Crippen MR) is 67.3 cm³/mol. The normalized spacial score (nSPS) is 27.2. The maximum absolute atomic E-state index is 5.10. The Labute approximate surface area is 98.5 Å². The summed E-state index contributed by atoms with van der Waals surface area (Å²) in [5.74, 6) is 0.746. The first-order valence-corrected chi connectivity index (χ1v) is 6.31. The second-order valence-electron chi connectivity index (χ2n) is 5.67. The van der Waals surface area contributed by atoms with Crippen molar-refractivity contribution in [3.05, 3.63) is 35.8 Å². The van der Waals surface area contributed by atoms with Gasteiger partial charge < -0.3 is 4.42 Å². The third-order valence-electron chi connectivity index (χ3n) is 3.89. The van der Waals surface area contributed by atoms with E-state index in [-0.39, 0.29) is 0 Å². The Morgan fingerprint density at radius 1 is 1.50 bits per heavy atom. The fourth-order valence-electron chi connectivity index (χ4n) is 2.93. The molecule has 0 bridgehead atoms. The fraction of sp³-hybridized carbons (Fsp3) is 0.600. The number of hydrogen-bond donors (Lipinski definition) is 0. The number of furan rings is 1. The summed E-state index contributed by atoms with van der Waals surface area (Å²) in [7, 11) is 0. The van der Waals surface area contributed by atoms with Gasteiger partial charge in [0, 0.05) is 0 Å². The first-order chi connectivity index (χ1) is 7.59. The highest BCUT2D eigenvalue weighted by Crippen LogP contribution is 2.43. The molecule has 16 heavy (non-hydrogen) atoms. The van der Waals surface area contributed by atoms with E-state index in [2.05, 4.69) is 32.9 Å². The molecule has 0 aromatic carbocycles. The molecule has 1 aliphatic rings. The van der Waals surface area contributed by atoms with E-state index >= 15 is 0 Å². The van der Waals surface area contributed by atoms with Crippen LogP contribution in [0.5, 0.6) is 0 Å². The van der Waals surface area contributed by atoms with E-state index in [1.807, 2.05) is 6.26 Å². The third kappa shape index (κ3) is 2.40. The van der Waals surface area contributed by atoms with Crippen molar-refractivity contribution >= 4 is 0 Å². The Morgan fingerprint density at radius 3 is 2.94 bits per heavy atom. The van der Waals surface area contributed by atoms with Crippen molar-refractivity contribution in [3.8, 4) is 0 Å². The molecule has 1 aliphatic carbocycles. The van der Waals surface area contributed by atoms with Gasteiger partial charge in [-0.1, -0.05) is 38.8 Å². The highest BCUT2D eigenvalue weighted by Gasteiger charge is 2.30. The average Bonchev–Trinajstić information content (AvgIpc) is 2.68. The minimum atomic E-state index is 0.390. The molecule has 1 nitrogen and oxygen atoms in total. The van der Waals surface area contributed by atoms with Crippen LogP contribution in [0, 0.1) is 11.3 Å². The summed E-state index contributed by atoms with van der Waals surface area (Å²) in [5, 5.41) is 0. The molecular weight excluding hydrogens is 196 g/mol. The zero-order valence-electron chi connectivity index (χ0n) is 10.6. The Kier molecular flexibility index (Phi) is 3.22. The van der Waals surface area contributed by atoms with Gasteiger partial charge in [-0.3, -0.25) is 0 Å². The second kappa shape index (κ2) is 4.48. The van der Waals surface area contributed by atoms with E-state index in [0.29, 0.717) is 5.41 Å². The molecule has 0 radical (unpaired) electrons. The minimum absolute atomic E-state index is 0.390. The molecule has 88 valence electrons. The summed E-state index contributed by atoms with van der Waals surface area (Å²) in [5.41, 5.74) is 3.31. The summed E-state index contributed by atoms with van der Waals surface area (Å²) in [6.07, 6.45) is 11.1. The van der Waals surface area contributed by atoms with Crippen LogP contribution < -0.4 is 0 Å². The van der Waals surface area contributed by atoms with Crippen LogP contribution in [0.15, 0.2) is 34.7 Å². The van der Waals surface area contributed by atoms with Crippen molar-refractivity contribution in [3.63, 3.8) is 0 Å². The van der Waals surface area contributed by atoms with Gasteiger partial charge in [0.2, 0.25) is 0 Å². The van der Waals surface area contributed by atoms with Crippen LogP contribution in [0.25, 0.3) is 0 Å². The first kappa shape index (κ1) is 11.5. The molecule has 1 aromatic rings. The van der Waals surface area contributed by atoms with Gasteiger partial charge in [0.25, 0.3) is 0 Å². The minimum Gasteiger partial charge on any atom is -0.472 e. The molecule has 0 saturated heterocycles. The van der Waals surface area contributed by atoms with Crippen molar-refractivity contribution in [1.82, 2.24) is 0 Å². The molecule has 0 aliphatic heterocycles. The Morgan fingerprint density at radius 2 is 2.31 bits per heavy atom. The monoisotopic (exact) mass is 218 g/mol. The van der Waals surface area contributed by atoms with Crippen molar-refractivity contribution in [2.24, 2.45) is 11.3 Å². The lowest BCUT2D eigenvalue weighted by atomic mass is 9.68. The second-order valence-corrected chi connectivity index (χ2v) is 5.67. The van der Waals surface area contributed by atoms with Gasteiger partial charge >= 0.3 is 0 Å². The quantitative estimate of drug-likeness (QED) is 0.661. The molecule has 1 unspecified atom stereocenters. The van der Waals surface area contributed by atoms with E-state index in [0.717, 1.165) is 12.3 Å². The molecule has 0 N–H and O–H groups in total. The highest BCUT2D eigenvalue weighted by molar-refractivity contribution is 5.21. The zero-order valence-corrected chi connectivity index (χ0v) is 10.6. The number of rotatable bonds is 2. The molecule has 1 atom stereocenters. The molecule has 1 saturated carbocycles. The lowest BCUT2D eigenvalue weighted by molar-refractivity contribution is 0.288. The van der Waals surface area contributed by atoms with Crippen molar-refractivity contribution < 1.29 is 4.42 Å². The first-order valence-electron chi connectivity index (χ1n) is 6.31. The van der Waals surface area contributed by atoms with Crippen LogP contribution in [-0.4, -0.2) is 0 Å². The summed E-state index contributed by atoms with van der Waals surface area (Å²) in [4.78, 5) is 0. The van der Waals surface area contributed by atoms with E-state index in [1.54, 1.807) is 11.8 Å². The van der Waals surface area contributed by atoms with Crippen LogP contribution >= 0.6 is 0 Å². The topological polar surface area (TPSA) is 13.1 Å². The average molecular weight is 218 g/mol. The van der Waals surface area contributed by atoms with E-state index < -0.39 is 0 Å². The summed E-state index contributed by atoms with van der Waals surface area (Å²) >= 11 is 0. The van der Waals surface area contributed by atoms with Crippen LogP contribution in [0.3, 0.4) is 0 Å². The van der Waals surface area contributed by atoms with Gasteiger partial charge in [0.1, 0.15) is 0 Å². The van der Waals surface area contributed by atoms with Crippen molar-refractivity contribution in [1.29, 1.82) is 0 Å². The van der Waals surface area contributed by atoms with Crippen LogP contribution in [0.2, 0.25) is 0 Å². The van der Waals surface area contributed by atoms with Crippen LogP contribution in [0.4, 0.5) is 0 Å². The molecule has 1 fully saturated rings. The molecule has 1 heterocycles. The lowest BCUT2D eigenvalue weighted by Crippen LogP contribution is -2.25. The van der Waals surface area contributed by atoms with Gasteiger partial charge in [-0.2, -0.15) is 0 Å². The SMILES string of the molecule is CC1CCCC(C)(C)/C1=C\Cc1ccoc1. The van der Waals surface area contributed by atoms with Gasteiger partial charge in [-0.25, -0.2) is 0 Å². The van der Waals surface area contributed by atoms with Gasteiger partial charge in [0.15, 0.2) is 0 Å². The van der Waals surface area contributed by atoms with Crippen molar-refractivity contribution in [2.45, 2.75) is 46.5 Å². The Hall–Kier alpha value is -0.980. The number of hydrogen-bond acceptors (Lipinski definition) is 1. The Balaban J connectivity index is 2.13. The third-order valence-corrected chi connectivity index (χ3v) is 3.89.